The minimum Gasteiger partial charge on any atom is -0.475 e. The summed E-state index contributed by atoms with van der Waals surface area (Å²) in [5, 5.41) is 11.1. The van der Waals surface area contributed by atoms with Gasteiger partial charge in [0.05, 0.1) is 18.8 Å². The van der Waals surface area contributed by atoms with E-state index >= 15 is 0 Å². The molecule has 2 N–H and O–H groups in total. The minimum atomic E-state index is 0.460. The molecule has 0 aromatic carbocycles. The van der Waals surface area contributed by atoms with Gasteiger partial charge in [-0.15, -0.1) is 0 Å². The highest BCUT2D eigenvalue weighted by atomic mass is 16.5. The van der Waals surface area contributed by atoms with Crippen molar-refractivity contribution in [3.63, 3.8) is 0 Å². The lowest BCUT2D eigenvalue weighted by Gasteiger charge is -2.13. The summed E-state index contributed by atoms with van der Waals surface area (Å²) in [7, 11) is 3.60. The van der Waals surface area contributed by atoms with Crippen LogP contribution in [-0.2, 0) is 24.9 Å². The standard InChI is InChI=1S/C19H30N6O2/c1-6-20-19(23-13-17-14(2)24-25(4)15(17)3)22-12-16-8-7-9-21-18(16)27-11-10-26-5/h7-9H,6,10-13H2,1-5H3,(H2,20,22,23). The van der Waals surface area contributed by atoms with Crippen LogP contribution in [0.5, 0.6) is 5.88 Å². The van der Waals surface area contributed by atoms with E-state index in [1.807, 2.05) is 37.7 Å². The first-order valence-electron chi connectivity index (χ1n) is 9.13. The van der Waals surface area contributed by atoms with Gasteiger partial charge in [0.15, 0.2) is 5.96 Å². The smallest absolute Gasteiger partial charge is 0.218 e. The van der Waals surface area contributed by atoms with Crippen LogP contribution in [-0.4, -0.2) is 47.6 Å². The van der Waals surface area contributed by atoms with Crippen LogP contribution in [0.15, 0.2) is 23.3 Å². The van der Waals surface area contributed by atoms with Gasteiger partial charge in [0.1, 0.15) is 6.61 Å². The Morgan fingerprint density at radius 1 is 1.26 bits per heavy atom. The van der Waals surface area contributed by atoms with E-state index in [0.717, 1.165) is 29.5 Å². The number of hydrogen-bond acceptors (Lipinski definition) is 5. The lowest BCUT2D eigenvalue weighted by Crippen LogP contribution is -2.37. The monoisotopic (exact) mass is 374 g/mol. The molecule has 8 heteroatoms. The summed E-state index contributed by atoms with van der Waals surface area (Å²) in [5.74, 6) is 1.33. The number of methoxy groups -OCH3 is 1. The predicted octanol–water partition coefficient (Wildman–Crippen LogP) is 1.71. The van der Waals surface area contributed by atoms with Gasteiger partial charge in [-0.2, -0.15) is 5.10 Å². The average Bonchev–Trinajstić information content (AvgIpc) is 2.90. The first-order chi connectivity index (χ1) is 13.1. The molecule has 27 heavy (non-hydrogen) atoms. The Morgan fingerprint density at radius 2 is 2.07 bits per heavy atom. The lowest BCUT2D eigenvalue weighted by molar-refractivity contribution is 0.143. The molecule has 0 bridgehead atoms. The fourth-order valence-electron chi connectivity index (χ4n) is 2.65. The molecule has 148 valence electrons. The van der Waals surface area contributed by atoms with Crippen LogP contribution in [0.2, 0.25) is 0 Å². The Hall–Kier alpha value is -2.61. The van der Waals surface area contributed by atoms with Crippen molar-refractivity contribution in [2.75, 3.05) is 26.9 Å². The molecular weight excluding hydrogens is 344 g/mol. The van der Waals surface area contributed by atoms with Crippen molar-refractivity contribution >= 4 is 5.96 Å². The van der Waals surface area contributed by atoms with Crippen molar-refractivity contribution in [1.82, 2.24) is 25.4 Å². The third-order valence-corrected chi connectivity index (χ3v) is 4.22. The molecule has 0 saturated heterocycles. The second-order valence-electron chi connectivity index (χ2n) is 6.13. The SMILES string of the molecule is CCNC(=NCc1cccnc1OCCOC)NCc1c(C)nn(C)c1C. The molecule has 8 nitrogen and oxygen atoms in total. The number of pyridine rings is 1. The highest BCUT2D eigenvalue weighted by molar-refractivity contribution is 5.79. The molecule has 2 aromatic heterocycles. The van der Waals surface area contributed by atoms with Crippen molar-refractivity contribution in [3.8, 4) is 5.88 Å². The molecular formula is C19H30N6O2. The van der Waals surface area contributed by atoms with Gasteiger partial charge in [0, 0.05) is 50.3 Å². The molecule has 0 aliphatic carbocycles. The van der Waals surface area contributed by atoms with Gasteiger partial charge < -0.3 is 20.1 Å². The van der Waals surface area contributed by atoms with E-state index in [9.17, 15) is 0 Å². The maximum atomic E-state index is 5.68. The summed E-state index contributed by atoms with van der Waals surface area (Å²) < 4.78 is 12.6. The van der Waals surface area contributed by atoms with Crippen LogP contribution >= 0.6 is 0 Å². The van der Waals surface area contributed by atoms with Gasteiger partial charge in [-0.25, -0.2) is 9.98 Å². The van der Waals surface area contributed by atoms with E-state index in [4.69, 9.17) is 9.47 Å². The van der Waals surface area contributed by atoms with E-state index in [0.29, 0.717) is 32.2 Å². The Labute approximate surface area is 161 Å². The van der Waals surface area contributed by atoms with Crippen molar-refractivity contribution in [2.24, 2.45) is 12.0 Å². The number of rotatable bonds is 9. The fraction of sp³-hybridized carbons (Fsp3) is 0.526. The third kappa shape index (κ3) is 5.96. The zero-order chi connectivity index (χ0) is 19.6. The van der Waals surface area contributed by atoms with Crippen LogP contribution in [0.25, 0.3) is 0 Å². The van der Waals surface area contributed by atoms with E-state index in [2.05, 4.69) is 32.6 Å². The van der Waals surface area contributed by atoms with Gasteiger partial charge in [0.2, 0.25) is 5.88 Å². The minimum absolute atomic E-state index is 0.460. The topological polar surface area (TPSA) is 85.6 Å². The van der Waals surface area contributed by atoms with E-state index in [-0.39, 0.29) is 0 Å². The zero-order valence-electron chi connectivity index (χ0n) is 16.9. The molecule has 2 heterocycles. The molecule has 0 unspecified atom stereocenters. The van der Waals surface area contributed by atoms with Gasteiger partial charge in [-0.1, -0.05) is 6.07 Å². The molecule has 0 saturated carbocycles. The largest absolute Gasteiger partial charge is 0.475 e. The third-order valence-electron chi connectivity index (χ3n) is 4.22. The number of ether oxygens (including phenoxy) is 2. The van der Waals surface area contributed by atoms with E-state index < -0.39 is 0 Å². The second kappa shape index (κ2) is 10.5. The fourth-order valence-corrected chi connectivity index (χ4v) is 2.65. The van der Waals surface area contributed by atoms with Gasteiger partial charge in [0.25, 0.3) is 0 Å². The van der Waals surface area contributed by atoms with Gasteiger partial charge in [-0.3, -0.25) is 4.68 Å². The summed E-state index contributed by atoms with van der Waals surface area (Å²) >= 11 is 0. The number of nitrogens with one attached hydrogen (secondary N) is 2. The Balaban J connectivity index is 2.05. The lowest BCUT2D eigenvalue weighted by atomic mass is 10.2. The summed E-state index contributed by atoms with van der Waals surface area (Å²) in [4.78, 5) is 8.96. The van der Waals surface area contributed by atoms with Crippen molar-refractivity contribution in [1.29, 1.82) is 0 Å². The molecule has 0 atom stereocenters. The van der Waals surface area contributed by atoms with Crippen LogP contribution in [0, 0.1) is 13.8 Å². The maximum Gasteiger partial charge on any atom is 0.218 e. The predicted molar refractivity (Wildman–Crippen MR) is 106 cm³/mol. The molecule has 0 amide bonds. The van der Waals surface area contributed by atoms with Crippen molar-refractivity contribution in [3.05, 3.63) is 40.8 Å². The molecule has 0 fully saturated rings. The molecule has 0 radical (unpaired) electrons. The van der Waals surface area contributed by atoms with Gasteiger partial charge >= 0.3 is 0 Å². The summed E-state index contributed by atoms with van der Waals surface area (Å²) in [6.45, 7) is 9.03. The van der Waals surface area contributed by atoms with Crippen LogP contribution < -0.4 is 15.4 Å². The molecule has 0 aliphatic rings. The number of nitrogens with zero attached hydrogens (tertiary/aromatic N) is 4. The molecule has 2 aromatic rings. The zero-order valence-corrected chi connectivity index (χ0v) is 16.9. The molecule has 2 rings (SSSR count). The number of guanidine groups is 1. The number of aromatic nitrogens is 3. The molecule has 0 spiro atoms. The first-order valence-corrected chi connectivity index (χ1v) is 9.13. The quantitative estimate of drug-likeness (QED) is 0.395. The summed E-state index contributed by atoms with van der Waals surface area (Å²) in [6, 6.07) is 3.86. The normalized spacial score (nSPS) is 11.5. The first kappa shape index (κ1) is 20.7. The van der Waals surface area contributed by atoms with E-state index in [1.165, 1.54) is 5.56 Å². The Bertz CT molecular complexity index is 757. The van der Waals surface area contributed by atoms with Crippen molar-refractivity contribution in [2.45, 2.75) is 33.9 Å². The number of hydrogen-bond donors (Lipinski definition) is 2. The highest BCUT2D eigenvalue weighted by Crippen LogP contribution is 2.15. The Kier molecular flexibility index (Phi) is 8.06. The maximum absolute atomic E-state index is 5.68. The Morgan fingerprint density at radius 3 is 2.74 bits per heavy atom. The van der Waals surface area contributed by atoms with E-state index in [1.54, 1.807) is 13.3 Å². The highest BCUT2D eigenvalue weighted by Gasteiger charge is 2.10. The summed E-state index contributed by atoms with van der Waals surface area (Å²) in [5.41, 5.74) is 4.30. The summed E-state index contributed by atoms with van der Waals surface area (Å²) in [6.07, 6.45) is 1.72. The number of aliphatic imine (C=N–C) groups is 1. The molecule has 0 aliphatic heterocycles. The van der Waals surface area contributed by atoms with Crippen LogP contribution in [0.1, 0.15) is 29.4 Å². The van der Waals surface area contributed by atoms with Crippen LogP contribution in [0.4, 0.5) is 0 Å². The van der Waals surface area contributed by atoms with Gasteiger partial charge in [-0.05, 0) is 26.8 Å². The second-order valence-corrected chi connectivity index (χ2v) is 6.13. The van der Waals surface area contributed by atoms with Crippen molar-refractivity contribution < 1.29 is 9.47 Å². The average molecular weight is 374 g/mol. The number of aryl methyl sites for hydroxylation is 2. The van der Waals surface area contributed by atoms with Crippen LogP contribution in [0.3, 0.4) is 0 Å².